The predicted octanol–water partition coefficient (Wildman–Crippen LogP) is 3.19. The van der Waals surface area contributed by atoms with Crippen LogP contribution in [0.15, 0.2) is 5.57 Å². The monoisotopic (exact) mass is 125 g/mol. The highest BCUT2D eigenvalue weighted by molar-refractivity contribution is 4.90. The molecule has 1 radical (unpaired) electrons. The molecule has 53 valence electrons. The zero-order chi connectivity index (χ0) is 7.28. The van der Waals surface area contributed by atoms with Gasteiger partial charge in [0, 0.05) is 0 Å². The average Bonchev–Trinajstić information content (AvgIpc) is 1.87. The van der Waals surface area contributed by atoms with Gasteiger partial charge in [-0.15, -0.1) is 0 Å². The third-order valence-electron chi connectivity index (χ3n) is 1.76. The lowest BCUT2D eigenvalue weighted by Gasteiger charge is -2.07. The smallest absolute Gasteiger partial charge is 0.0292 e. The fourth-order valence-electron chi connectivity index (χ4n) is 0.736. The minimum Gasteiger partial charge on any atom is -0.0702 e. The van der Waals surface area contributed by atoms with Crippen LogP contribution in [0.3, 0.4) is 0 Å². The number of rotatable bonds is 4. The summed E-state index contributed by atoms with van der Waals surface area (Å²) in [5, 5.41) is 0. The van der Waals surface area contributed by atoms with Crippen LogP contribution in [0.25, 0.3) is 0 Å². The first kappa shape index (κ1) is 8.74. The van der Waals surface area contributed by atoms with Crippen molar-refractivity contribution < 1.29 is 0 Å². The van der Waals surface area contributed by atoms with E-state index in [1.165, 1.54) is 6.42 Å². The lowest BCUT2D eigenvalue weighted by atomic mass is 9.99. The van der Waals surface area contributed by atoms with Gasteiger partial charge in [0.15, 0.2) is 0 Å². The Kier molecular flexibility index (Phi) is 4.47. The Morgan fingerprint density at radius 3 is 2.33 bits per heavy atom. The van der Waals surface area contributed by atoms with E-state index < -0.39 is 0 Å². The summed E-state index contributed by atoms with van der Waals surface area (Å²) in [6.45, 7) is 12.2. The van der Waals surface area contributed by atoms with E-state index >= 15 is 0 Å². The van der Waals surface area contributed by atoms with Crippen molar-refractivity contribution in [1.82, 2.24) is 0 Å². The predicted molar refractivity (Wildman–Crippen MR) is 42.2 cm³/mol. The van der Waals surface area contributed by atoms with Crippen LogP contribution < -0.4 is 0 Å². The van der Waals surface area contributed by atoms with Crippen molar-refractivity contribution in [3.05, 3.63) is 12.2 Å². The molecule has 0 N–H and O–H groups in total. The Morgan fingerprint density at radius 2 is 2.00 bits per heavy atom. The molecule has 0 nitrogen and oxygen atoms in total. The maximum absolute atomic E-state index is 5.67. The van der Waals surface area contributed by atoms with Crippen LogP contribution in [0.5, 0.6) is 0 Å². The van der Waals surface area contributed by atoms with Gasteiger partial charge in [0.05, 0.1) is 0 Å². The van der Waals surface area contributed by atoms with E-state index in [4.69, 9.17) is 6.58 Å². The fraction of sp³-hybridized carbons (Fsp3) is 0.778. The van der Waals surface area contributed by atoms with Gasteiger partial charge in [-0.2, -0.15) is 0 Å². The third kappa shape index (κ3) is 4.26. The molecule has 0 aromatic rings. The molecule has 0 amide bonds. The standard InChI is InChI=1S/C9H17/c1-5-8(3)7-9(4)6-2/h3,9H,5-7H2,1-2,4H3. The summed E-state index contributed by atoms with van der Waals surface area (Å²) in [7, 11) is 0. The quantitative estimate of drug-likeness (QED) is 0.541. The van der Waals surface area contributed by atoms with Crippen LogP contribution in [0.4, 0.5) is 0 Å². The zero-order valence-electron chi connectivity index (χ0n) is 6.78. The molecule has 0 saturated heterocycles. The highest BCUT2D eigenvalue weighted by Crippen LogP contribution is 2.14. The third-order valence-corrected chi connectivity index (χ3v) is 1.76. The molecule has 9 heavy (non-hydrogen) atoms. The maximum atomic E-state index is 5.67. The van der Waals surface area contributed by atoms with E-state index in [9.17, 15) is 0 Å². The van der Waals surface area contributed by atoms with Gasteiger partial charge in [0.1, 0.15) is 0 Å². The van der Waals surface area contributed by atoms with Gasteiger partial charge in [-0.05, 0) is 18.8 Å². The molecule has 0 aliphatic carbocycles. The molecule has 1 unspecified atom stereocenters. The van der Waals surface area contributed by atoms with Gasteiger partial charge in [-0.3, -0.25) is 0 Å². The summed E-state index contributed by atoms with van der Waals surface area (Å²) in [6.07, 6.45) is 3.37. The lowest BCUT2D eigenvalue weighted by molar-refractivity contribution is 0.550. The minimum absolute atomic E-state index is 0.768. The van der Waals surface area contributed by atoms with Crippen molar-refractivity contribution in [3.63, 3.8) is 0 Å². The number of hydrogen-bond donors (Lipinski definition) is 0. The molecule has 0 saturated carbocycles. The van der Waals surface area contributed by atoms with Crippen LogP contribution in [-0.2, 0) is 0 Å². The molecule has 0 heterocycles. The maximum Gasteiger partial charge on any atom is -0.0292 e. The SMILES string of the molecule is [CH]=C(CC)CC(C)CC. The summed E-state index contributed by atoms with van der Waals surface area (Å²) in [6, 6.07) is 0. The van der Waals surface area contributed by atoms with Gasteiger partial charge in [0.2, 0.25) is 0 Å². The number of hydrogen-bond acceptors (Lipinski definition) is 0. The second-order valence-electron chi connectivity index (χ2n) is 2.73. The highest BCUT2D eigenvalue weighted by Gasteiger charge is 1.98. The molecule has 0 bridgehead atoms. The molecular formula is C9H17. The van der Waals surface area contributed by atoms with E-state index in [0.717, 1.165) is 24.3 Å². The lowest BCUT2D eigenvalue weighted by Crippen LogP contribution is -1.92. The largest absolute Gasteiger partial charge is 0.0702 e. The Hall–Kier alpha value is -0.260. The van der Waals surface area contributed by atoms with Crippen molar-refractivity contribution in [3.8, 4) is 0 Å². The van der Waals surface area contributed by atoms with Crippen molar-refractivity contribution >= 4 is 0 Å². The molecule has 1 atom stereocenters. The van der Waals surface area contributed by atoms with Crippen LogP contribution in [0, 0.1) is 12.5 Å². The van der Waals surface area contributed by atoms with Crippen LogP contribution in [0.2, 0.25) is 0 Å². The van der Waals surface area contributed by atoms with Crippen LogP contribution >= 0.6 is 0 Å². The van der Waals surface area contributed by atoms with Crippen molar-refractivity contribution in [2.75, 3.05) is 0 Å². The molecular weight excluding hydrogens is 108 g/mol. The summed E-state index contributed by atoms with van der Waals surface area (Å²) >= 11 is 0. The van der Waals surface area contributed by atoms with Crippen LogP contribution in [-0.4, -0.2) is 0 Å². The molecule has 0 aromatic carbocycles. The van der Waals surface area contributed by atoms with Gasteiger partial charge < -0.3 is 0 Å². The first-order chi connectivity index (χ1) is 4.20. The summed E-state index contributed by atoms with van der Waals surface area (Å²) in [5.41, 5.74) is 1.14. The molecule has 0 heteroatoms. The normalized spacial score (nSPS) is 13.2. The first-order valence-electron chi connectivity index (χ1n) is 3.80. The van der Waals surface area contributed by atoms with Crippen molar-refractivity contribution in [1.29, 1.82) is 0 Å². The van der Waals surface area contributed by atoms with Gasteiger partial charge in [0.25, 0.3) is 0 Å². The Morgan fingerprint density at radius 1 is 1.44 bits per heavy atom. The Labute approximate surface area is 59.0 Å². The molecule has 0 spiro atoms. The Bertz CT molecular complexity index is 82.0. The zero-order valence-corrected chi connectivity index (χ0v) is 6.78. The molecule has 0 rings (SSSR count). The molecule has 0 fully saturated rings. The van der Waals surface area contributed by atoms with Gasteiger partial charge in [-0.25, -0.2) is 0 Å². The number of allylic oxidation sites excluding steroid dienone is 1. The van der Waals surface area contributed by atoms with Crippen molar-refractivity contribution in [2.24, 2.45) is 5.92 Å². The second kappa shape index (κ2) is 4.60. The first-order valence-corrected chi connectivity index (χ1v) is 3.80. The van der Waals surface area contributed by atoms with E-state index in [2.05, 4.69) is 20.8 Å². The van der Waals surface area contributed by atoms with Crippen LogP contribution in [0.1, 0.15) is 40.0 Å². The minimum atomic E-state index is 0.768. The fourth-order valence-corrected chi connectivity index (χ4v) is 0.736. The summed E-state index contributed by atoms with van der Waals surface area (Å²) in [5.74, 6) is 0.768. The molecule has 0 aliphatic rings. The second-order valence-corrected chi connectivity index (χ2v) is 2.73. The topological polar surface area (TPSA) is 0 Å². The van der Waals surface area contributed by atoms with E-state index in [0.29, 0.717) is 0 Å². The van der Waals surface area contributed by atoms with Gasteiger partial charge >= 0.3 is 0 Å². The summed E-state index contributed by atoms with van der Waals surface area (Å²) < 4.78 is 0. The van der Waals surface area contributed by atoms with E-state index in [-0.39, 0.29) is 0 Å². The average molecular weight is 125 g/mol. The van der Waals surface area contributed by atoms with Gasteiger partial charge in [-0.1, -0.05) is 39.3 Å². The molecule has 0 aromatic heterocycles. The summed E-state index contributed by atoms with van der Waals surface area (Å²) in [4.78, 5) is 0. The molecule has 0 aliphatic heterocycles. The van der Waals surface area contributed by atoms with E-state index in [1.54, 1.807) is 0 Å². The highest BCUT2D eigenvalue weighted by atomic mass is 14.0. The van der Waals surface area contributed by atoms with E-state index in [1.807, 2.05) is 0 Å². The van der Waals surface area contributed by atoms with Crippen molar-refractivity contribution in [2.45, 2.75) is 40.0 Å². The Balaban J connectivity index is 3.34.